The largest absolute Gasteiger partial charge is 0.361 e. The van der Waals surface area contributed by atoms with E-state index in [9.17, 15) is 0 Å². The van der Waals surface area contributed by atoms with E-state index in [-0.39, 0.29) is 91.3 Å². The van der Waals surface area contributed by atoms with Gasteiger partial charge in [0.1, 0.15) is 0 Å². The normalized spacial score (nSPS) is 13.5. The van der Waals surface area contributed by atoms with Crippen LogP contribution in [0.2, 0.25) is 0 Å². The molecule has 362 valence electrons. The maximum absolute atomic E-state index is 4.18. The Bertz CT molecular complexity index is 1450. The van der Waals surface area contributed by atoms with Crippen LogP contribution < -0.4 is 0 Å². The molecule has 0 aliphatic heterocycles. The first kappa shape index (κ1) is 63.5. The van der Waals surface area contributed by atoms with Gasteiger partial charge in [0.2, 0.25) is 0 Å². The van der Waals surface area contributed by atoms with E-state index >= 15 is 0 Å². The van der Waals surface area contributed by atoms with Crippen LogP contribution in [0.25, 0.3) is 0 Å². The van der Waals surface area contributed by atoms with Crippen molar-refractivity contribution in [2.45, 2.75) is 312 Å². The van der Waals surface area contributed by atoms with Gasteiger partial charge in [-0.3, -0.25) is 0 Å². The van der Waals surface area contributed by atoms with Gasteiger partial charge in [0.15, 0.2) is 0 Å². The Hall–Kier alpha value is 0.450. The Morgan fingerprint density at radius 2 is 0.459 bits per heavy atom. The van der Waals surface area contributed by atoms with Crippen LogP contribution in [0.5, 0.6) is 0 Å². The van der Waals surface area contributed by atoms with Crippen LogP contribution in [-0.2, 0) is 43.3 Å². The minimum Gasteiger partial charge on any atom is -0.361 e. The second kappa shape index (κ2) is 25.0. The maximum atomic E-state index is 4.18. The fourth-order valence-electron chi connectivity index (χ4n) is 10.4. The van der Waals surface area contributed by atoms with Crippen LogP contribution >= 0.6 is 57.3 Å². The minimum absolute atomic E-state index is 0. The van der Waals surface area contributed by atoms with Crippen molar-refractivity contribution in [3.63, 3.8) is 0 Å². The number of nitrogens with zero attached hydrogens (tertiary/aromatic N) is 1. The summed E-state index contributed by atoms with van der Waals surface area (Å²) >= 11 is 0. The quantitative estimate of drug-likeness (QED) is 0.0799. The molecule has 2 rings (SSSR count). The van der Waals surface area contributed by atoms with Crippen molar-refractivity contribution in [1.29, 1.82) is 0 Å². The first-order valence-corrected chi connectivity index (χ1v) is 26.2. The van der Waals surface area contributed by atoms with Crippen LogP contribution in [0.15, 0.2) is 0 Å². The summed E-state index contributed by atoms with van der Waals surface area (Å²) < 4.78 is 2.62. The summed E-state index contributed by atoms with van der Waals surface area (Å²) in [7, 11) is 3.21. The van der Waals surface area contributed by atoms with Gasteiger partial charge in [0.05, 0.1) is 0 Å². The summed E-state index contributed by atoms with van der Waals surface area (Å²) in [5, 5.41) is 0. The van der Waals surface area contributed by atoms with Gasteiger partial charge in [-0.25, -0.2) is 0 Å². The molecule has 0 aliphatic carbocycles. The highest BCUT2D eigenvalue weighted by Gasteiger charge is 2.48. The van der Waals surface area contributed by atoms with E-state index in [1.54, 1.807) is 45.0 Å². The molecule has 0 aromatic carbocycles. The number of rotatable bonds is 24. The van der Waals surface area contributed by atoms with E-state index in [4.69, 9.17) is 0 Å². The van der Waals surface area contributed by atoms with E-state index in [0.717, 1.165) is 0 Å². The number of aromatic amines is 1. The van der Waals surface area contributed by atoms with Gasteiger partial charge in [-0.15, -0.1) is 48.0 Å². The molecule has 2 aromatic heterocycles. The number of hydrogen-bond acceptors (Lipinski definition) is 0. The van der Waals surface area contributed by atoms with Crippen molar-refractivity contribution in [1.82, 2.24) is 9.32 Å². The van der Waals surface area contributed by atoms with Crippen molar-refractivity contribution in [2.75, 3.05) is 0 Å². The molecule has 2 heterocycles. The molecule has 0 amide bonds. The lowest BCUT2D eigenvalue weighted by Gasteiger charge is -2.40. The van der Waals surface area contributed by atoms with Gasteiger partial charge in [-0.2, -0.15) is 0 Å². The van der Waals surface area contributed by atoms with E-state index in [0.29, 0.717) is 0 Å². The van der Waals surface area contributed by atoms with Gasteiger partial charge in [0, 0.05) is 44.4 Å². The zero-order valence-corrected chi connectivity index (χ0v) is 51.5. The number of hydrogen-bond donors (Lipinski definition) is 1. The lowest BCUT2D eigenvalue weighted by atomic mass is 9.63. The molecule has 1 unspecified atom stereocenters. The van der Waals surface area contributed by atoms with Crippen molar-refractivity contribution in [2.24, 2.45) is 0 Å². The summed E-state index contributed by atoms with van der Waals surface area (Å²) in [6.07, 6.45) is 19.0. The second-order valence-electron chi connectivity index (χ2n) is 21.6. The highest BCUT2D eigenvalue weighted by atomic mass is 127. The summed E-state index contributed by atoms with van der Waals surface area (Å²) in [6, 6.07) is 0. The van der Waals surface area contributed by atoms with Gasteiger partial charge in [-0.1, -0.05) is 166 Å². The van der Waals surface area contributed by atoms with Gasteiger partial charge < -0.3 is 9.32 Å². The molecule has 1 atom stereocenters. The number of halogens is 2. The summed E-state index contributed by atoms with van der Waals surface area (Å²) in [5.74, 6) is 0. The van der Waals surface area contributed by atoms with E-state index in [1.165, 1.54) is 103 Å². The molecule has 0 spiro atoms. The highest BCUT2D eigenvalue weighted by molar-refractivity contribution is 14.0. The lowest BCUT2D eigenvalue weighted by molar-refractivity contribution is 0.365. The maximum Gasteiger partial charge on any atom is 0.0309 e. The average Bonchev–Trinajstić information content (AvgIpc) is 3.86. The first-order chi connectivity index (χ1) is 27.3. The molecular weight excluding hydrogens is 985 g/mol. The third kappa shape index (κ3) is 11.8. The predicted octanol–water partition coefficient (Wildman–Crippen LogP) is 20.0. The monoisotopic (exact) mass is 1090 g/mol. The molecule has 0 saturated carbocycles. The Kier molecular flexibility index (Phi) is 26.0. The zero-order valence-electron chi connectivity index (χ0n) is 45.7. The molecule has 0 bridgehead atoms. The van der Waals surface area contributed by atoms with Gasteiger partial charge in [0.25, 0.3) is 0 Å². The Morgan fingerprint density at radius 1 is 0.295 bits per heavy atom. The van der Waals surface area contributed by atoms with E-state index < -0.39 is 0 Å². The highest BCUT2D eigenvalue weighted by Crippen LogP contribution is 2.55. The summed E-state index contributed by atoms with van der Waals surface area (Å²) in [6.45, 7) is 58.4. The average molecular weight is 1100 g/mol. The number of nitrogens with one attached hydrogen (secondary N) is 1. The third-order valence-electron chi connectivity index (χ3n) is 19.5. The summed E-state index contributed by atoms with van der Waals surface area (Å²) in [4.78, 5) is 4.18. The fourth-order valence-corrected chi connectivity index (χ4v) is 11.2. The molecule has 2 aromatic rings. The van der Waals surface area contributed by atoms with Gasteiger partial charge in [-0.05, 0) is 156 Å². The molecule has 0 fully saturated rings. The van der Waals surface area contributed by atoms with Crippen LogP contribution in [0, 0.1) is 0 Å². The van der Waals surface area contributed by atoms with Crippen LogP contribution in [0.1, 0.15) is 314 Å². The summed E-state index contributed by atoms with van der Waals surface area (Å²) in [5.41, 5.74) is 14.7. The van der Waals surface area contributed by atoms with Crippen LogP contribution in [0.3, 0.4) is 0 Å². The van der Waals surface area contributed by atoms with E-state index in [1.807, 2.05) is 0 Å². The Balaban J connectivity index is 0. The molecular formula is C56H109I2N2P. The van der Waals surface area contributed by atoms with Crippen molar-refractivity contribution >= 4 is 57.3 Å². The molecule has 0 saturated heterocycles. The molecule has 2 nitrogen and oxygen atoms in total. The zero-order chi connectivity index (χ0) is 46.2. The number of aromatic nitrogens is 2. The standard InChI is InChI=1S/C28H54NP.C28H53N.2HI/c1-13-25(9,14-2)21-22(26(10,15-3)16-4)24(28(12,19-7)20-8)29(30)23(21)27(11,17-5)18-6;1-13-25(9,14-2)21-22(26(10,15-3)16-4)24(28(12,19-7)20-8)29-23(21)27(11,17-5)18-6;;/h13-20,30H2,1-12H3;29H,13-20H2,1-12H3;2*1H. The molecule has 0 radical (unpaired) electrons. The molecule has 61 heavy (non-hydrogen) atoms. The van der Waals surface area contributed by atoms with Crippen molar-refractivity contribution in [3.05, 3.63) is 45.0 Å². The topological polar surface area (TPSA) is 20.7 Å². The van der Waals surface area contributed by atoms with E-state index in [2.05, 4.69) is 185 Å². The second-order valence-corrected chi connectivity index (χ2v) is 22.1. The Labute approximate surface area is 420 Å². The molecule has 5 heteroatoms. The SMILES string of the molecule is CCC(C)(CC)c1[nH]c(C(C)(CC)CC)c(C(C)(CC)CC)c1C(C)(CC)CC.CCC(C)(CC)c1c(C(C)(CC)CC)c(C(C)(CC)CC)n(P)c1C(C)(CC)CC.I.I. The first-order valence-electron chi connectivity index (χ1n) is 25.7. The fraction of sp³-hybridized carbons (Fsp3) is 0.857. The molecule has 0 aliphatic rings. The van der Waals surface area contributed by atoms with Crippen LogP contribution in [-0.4, -0.2) is 9.32 Å². The van der Waals surface area contributed by atoms with Crippen LogP contribution in [0.4, 0.5) is 0 Å². The van der Waals surface area contributed by atoms with Crippen molar-refractivity contribution < 1.29 is 0 Å². The van der Waals surface area contributed by atoms with Gasteiger partial charge >= 0.3 is 0 Å². The lowest BCUT2D eigenvalue weighted by Crippen LogP contribution is -2.33. The predicted molar refractivity (Wildman–Crippen MR) is 305 cm³/mol. The smallest absolute Gasteiger partial charge is 0.0309 e. The molecule has 1 N–H and O–H groups in total. The van der Waals surface area contributed by atoms with Crippen molar-refractivity contribution in [3.8, 4) is 0 Å². The minimum atomic E-state index is 0. The Morgan fingerprint density at radius 3 is 0.623 bits per heavy atom. The number of H-pyrrole nitrogens is 1. The third-order valence-corrected chi connectivity index (χ3v) is 20.0.